The molecule has 0 atom stereocenters. The van der Waals surface area contributed by atoms with Crippen LogP contribution in [0.4, 0.5) is 0 Å². The number of hydrogen-bond acceptors (Lipinski definition) is 0. The van der Waals surface area contributed by atoms with E-state index in [0.717, 1.165) is 12.8 Å². The summed E-state index contributed by atoms with van der Waals surface area (Å²) in [7, 11) is 0. The molecule has 0 N–H and O–H groups in total. The van der Waals surface area contributed by atoms with E-state index in [0.29, 0.717) is 0 Å². The summed E-state index contributed by atoms with van der Waals surface area (Å²) < 4.78 is 0. The van der Waals surface area contributed by atoms with Crippen LogP contribution < -0.4 is 0 Å². The Hall–Kier alpha value is -1.74. The topological polar surface area (TPSA) is 0 Å². The fraction of sp³-hybridized carbons (Fsp3) is 0.333. The van der Waals surface area contributed by atoms with E-state index in [1.54, 1.807) is 0 Å². The number of unbranched alkanes of at least 4 members (excludes halogenated alkanes) is 1. The van der Waals surface area contributed by atoms with Crippen molar-refractivity contribution in [1.82, 2.24) is 0 Å². The zero-order valence-electron chi connectivity index (χ0n) is 12.0. The van der Waals surface area contributed by atoms with Gasteiger partial charge in [0.1, 0.15) is 0 Å². The van der Waals surface area contributed by atoms with Crippen molar-refractivity contribution in [3.63, 3.8) is 0 Å². The molecule has 0 aliphatic carbocycles. The first-order chi connectivity index (χ1) is 8.72. The minimum absolute atomic E-state index is 1.09. The summed E-state index contributed by atoms with van der Waals surface area (Å²) in [6.07, 6.45) is 18.6. The predicted molar refractivity (Wildman–Crippen MR) is 82.5 cm³/mol. The summed E-state index contributed by atoms with van der Waals surface area (Å²) in [5.74, 6) is 0. The quantitative estimate of drug-likeness (QED) is 0.242. The van der Waals surface area contributed by atoms with E-state index in [9.17, 15) is 0 Å². The lowest BCUT2D eigenvalue weighted by Crippen LogP contribution is -1.75. The van der Waals surface area contributed by atoms with Crippen molar-refractivity contribution in [2.24, 2.45) is 0 Å². The molecule has 0 rings (SSSR count). The van der Waals surface area contributed by atoms with Crippen LogP contribution in [-0.2, 0) is 0 Å². The zero-order chi connectivity index (χ0) is 13.6. The van der Waals surface area contributed by atoms with Crippen molar-refractivity contribution < 1.29 is 0 Å². The highest BCUT2D eigenvalue weighted by Crippen LogP contribution is 2.06. The van der Waals surface area contributed by atoms with Gasteiger partial charge < -0.3 is 0 Å². The molecule has 0 aliphatic rings. The molecule has 0 heterocycles. The molecular weight excluding hydrogens is 216 g/mol. The average Bonchev–Trinajstić information content (AvgIpc) is 2.37. The summed E-state index contributed by atoms with van der Waals surface area (Å²) in [5, 5.41) is 0. The van der Waals surface area contributed by atoms with Crippen molar-refractivity contribution in [1.29, 1.82) is 0 Å². The largest absolute Gasteiger partial charge is 0.0917 e. The van der Waals surface area contributed by atoms with E-state index >= 15 is 0 Å². The Balaban J connectivity index is 4.47. The van der Waals surface area contributed by atoms with Crippen LogP contribution >= 0.6 is 0 Å². The van der Waals surface area contributed by atoms with Gasteiger partial charge in [0.15, 0.2) is 0 Å². The van der Waals surface area contributed by atoms with Gasteiger partial charge in [-0.15, -0.1) is 0 Å². The summed E-state index contributed by atoms with van der Waals surface area (Å²) in [4.78, 5) is 0. The van der Waals surface area contributed by atoms with Crippen LogP contribution in [0.25, 0.3) is 0 Å². The van der Waals surface area contributed by atoms with Gasteiger partial charge in [-0.25, -0.2) is 0 Å². The van der Waals surface area contributed by atoms with Gasteiger partial charge in [-0.1, -0.05) is 47.9 Å². The molecule has 0 bridgehead atoms. The third-order valence-electron chi connectivity index (χ3n) is 2.47. The third kappa shape index (κ3) is 9.48. The van der Waals surface area contributed by atoms with E-state index < -0.39 is 0 Å². The van der Waals surface area contributed by atoms with Crippen LogP contribution in [0.5, 0.6) is 0 Å². The summed E-state index contributed by atoms with van der Waals surface area (Å²) in [5.41, 5.74) is 8.49. The summed E-state index contributed by atoms with van der Waals surface area (Å²) in [6, 6.07) is 0. The molecule has 0 heteroatoms. The smallest absolute Gasteiger partial charge is 0.00834 e. The highest BCUT2D eigenvalue weighted by molar-refractivity contribution is 5.29. The molecule has 0 radical (unpaired) electrons. The number of hydrogen-bond donors (Lipinski definition) is 0. The van der Waals surface area contributed by atoms with Gasteiger partial charge >= 0.3 is 0 Å². The van der Waals surface area contributed by atoms with Crippen molar-refractivity contribution in [2.45, 2.75) is 40.5 Å². The molecule has 96 valence electrons. The first-order valence-corrected chi connectivity index (χ1v) is 6.46. The molecule has 0 aromatic rings. The Bertz CT molecular complexity index is 427. The van der Waals surface area contributed by atoms with E-state index in [-0.39, 0.29) is 0 Å². The molecule has 0 saturated carbocycles. The standard InChI is InChI=1S/C18H24/c1-5-7-9-11-13-15-17(3)18(4)16-14-12-10-8-6-2/h5-9,14-16H,10,12H2,1-4H3. The predicted octanol–water partition coefficient (Wildman–Crippen LogP) is 5.68. The monoisotopic (exact) mass is 240 g/mol. The van der Waals surface area contributed by atoms with Crippen molar-refractivity contribution in [2.75, 3.05) is 0 Å². The fourth-order valence-corrected chi connectivity index (χ4v) is 1.21. The lowest BCUT2D eigenvalue weighted by Gasteiger charge is -1.95. The highest BCUT2D eigenvalue weighted by Gasteiger charge is 1.87. The Labute approximate surface area is 112 Å². The Morgan fingerprint density at radius 3 is 2.28 bits per heavy atom. The molecule has 0 unspecified atom stereocenters. The first kappa shape index (κ1) is 16.3. The number of rotatable bonds is 6. The molecule has 0 amide bonds. The molecule has 18 heavy (non-hydrogen) atoms. The van der Waals surface area contributed by atoms with Crippen molar-refractivity contribution >= 4 is 0 Å². The van der Waals surface area contributed by atoms with Gasteiger partial charge in [0, 0.05) is 0 Å². The van der Waals surface area contributed by atoms with Gasteiger partial charge in [0.05, 0.1) is 0 Å². The van der Waals surface area contributed by atoms with Crippen LogP contribution in [-0.4, -0.2) is 0 Å². The minimum atomic E-state index is 1.09. The second-order valence-corrected chi connectivity index (χ2v) is 4.04. The van der Waals surface area contributed by atoms with E-state index in [1.807, 2.05) is 31.2 Å². The SMILES string of the molecule is CC=CC=C=C=CC(C)=C(C)C=CCCC=CC. The van der Waals surface area contributed by atoms with E-state index in [2.05, 4.69) is 56.5 Å². The molecule has 0 nitrogen and oxygen atoms in total. The van der Waals surface area contributed by atoms with E-state index in [1.165, 1.54) is 11.1 Å². The summed E-state index contributed by atoms with van der Waals surface area (Å²) >= 11 is 0. The van der Waals surface area contributed by atoms with Crippen molar-refractivity contribution in [3.8, 4) is 0 Å². The molecule has 0 aromatic carbocycles. The first-order valence-electron chi connectivity index (χ1n) is 6.46. The van der Waals surface area contributed by atoms with Crippen LogP contribution in [0, 0.1) is 0 Å². The highest BCUT2D eigenvalue weighted by atomic mass is 13.9. The zero-order valence-corrected chi connectivity index (χ0v) is 12.0. The lowest BCUT2D eigenvalue weighted by atomic mass is 10.1. The minimum Gasteiger partial charge on any atom is -0.0917 e. The van der Waals surface area contributed by atoms with Crippen LogP contribution in [0.2, 0.25) is 0 Å². The molecule has 0 aliphatic heterocycles. The van der Waals surface area contributed by atoms with Gasteiger partial charge in [-0.05, 0) is 63.8 Å². The Morgan fingerprint density at radius 1 is 0.889 bits per heavy atom. The maximum atomic E-state index is 3.03. The molecule has 0 fully saturated rings. The second-order valence-electron chi connectivity index (χ2n) is 4.04. The maximum absolute atomic E-state index is 3.03. The van der Waals surface area contributed by atoms with Crippen LogP contribution in [0.15, 0.2) is 71.2 Å². The van der Waals surface area contributed by atoms with Gasteiger partial charge in [-0.2, -0.15) is 0 Å². The fourth-order valence-electron chi connectivity index (χ4n) is 1.21. The third-order valence-corrected chi connectivity index (χ3v) is 2.47. The van der Waals surface area contributed by atoms with Gasteiger partial charge in [-0.3, -0.25) is 0 Å². The van der Waals surface area contributed by atoms with Crippen LogP contribution in [0.1, 0.15) is 40.5 Å². The second kappa shape index (κ2) is 11.7. The molecule has 0 saturated heterocycles. The average molecular weight is 240 g/mol. The van der Waals surface area contributed by atoms with Crippen molar-refractivity contribution in [3.05, 3.63) is 71.2 Å². The maximum Gasteiger partial charge on any atom is -0.00834 e. The van der Waals surface area contributed by atoms with Gasteiger partial charge in [0.2, 0.25) is 0 Å². The van der Waals surface area contributed by atoms with Gasteiger partial charge in [0.25, 0.3) is 0 Å². The number of allylic oxidation sites excluding steroid dienone is 10. The van der Waals surface area contributed by atoms with Crippen LogP contribution in [0.3, 0.4) is 0 Å². The lowest BCUT2D eigenvalue weighted by molar-refractivity contribution is 1.05. The Kier molecular flexibility index (Phi) is 10.6. The summed E-state index contributed by atoms with van der Waals surface area (Å²) in [6.45, 7) is 8.25. The van der Waals surface area contributed by atoms with E-state index in [4.69, 9.17) is 0 Å². The molecule has 0 aromatic heterocycles. The molecular formula is C18H24. The normalized spacial score (nSPS) is 12.7. The molecule has 0 spiro atoms. The Morgan fingerprint density at radius 2 is 1.61 bits per heavy atom.